The number of aromatic nitrogens is 3. The number of rotatable bonds is 11. The molecule has 0 spiro atoms. The smallest absolute Gasteiger partial charge is 0.325 e. The highest BCUT2D eigenvalue weighted by Gasteiger charge is 2.39. The van der Waals surface area contributed by atoms with Gasteiger partial charge in [-0.3, -0.25) is 14.4 Å². The number of ether oxygens (including phenoxy) is 1. The van der Waals surface area contributed by atoms with E-state index in [4.69, 9.17) is 9.72 Å². The average molecular weight is 506 g/mol. The van der Waals surface area contributed by atoms with Crippen LogP contribution in [-0.2, 0) is 22.4 Å². The van der Waals surface area contributed by atoms with Crippen LogP contribution in [0.1, 0.15) is 74.1 Å². The van der Waals surface area contributed by atoms with Crippen LogP contribution >= 0.6 is 0 Å². The van der Waals surface area contributed by atoms with E-state index in [0.29, 0.717) is 19.7 Å². The number of nitrogens with one attached hydrogen (secondary N) is 1. The fraction of sp³-hybridized carbons (Fsp3) is 0.552. The molecule has 1 saturated heterocycles. The number of para-hydroxylation sites is 1. The normalized spacial score (nSPS) is 17.0. The van der Waals surface area contributed by atoms with Gasteiger partial charge < -0.3 is 15.2 Å². The summed E-state index contributed by atoms with van der Waals surface area (Å²) < 4.78 is 8.03. The highest BCUT2D eigenvalue weighted by Crippen LogP contribution is 2.34. The largest absolute Gasteiger partial charge is 0.480 e. The first-order chi connectivity index (χ1) is 17.9. The molecule has 1 fully saturated rings. The number of nitrogens with zero attached hydrogens (tertiary/aromatic N) is 4. The molecule has 0 saturated carbocycles. The van der Waals surface area contributed by atoms with E-state index in [0.717, 1.165) is 72.3 Å². The number of hydrogen-bond acceptors (Lipinski definition) is 6. The van der Waals surface area contributed by atoms with Crippen LogP contribution < -0.4 is 5.32 Å². The lowest BCUT2D eigenvalue weighted by atomic mass is 9.97. The van der Waals surface area contributed by atoms with E-state index in [-0.39, 0.29) is 12.1 Å². The Morgan fingerprint density at radius 1 is 1.19 bits per heavy atom. The van der Waals surface area contributed by atoms with Gasteiger partial charge in [0.1, 0.15) is 11.9 Å². The summed E-state index contributed by atoms with van der Waals surface area (Å²) in [4.78, 5) is 19.2. The predicted octanol–water partition coefficient (Wildman–Crippen LogP) is 4.92. The van der Waals surface area contributed by atoms with Gasteiger partial charge in [-0.15, -0.1) is 0 Å². The zero-order valence-corrected chi connectivity index (χ0v) is 22.2. The van der Waals surface area contributed by atoms with Gasteiger partial charge in [0, 0.05) is 48.9 Å². The topological polar surface area (TPSA) is 92.5 Å². The van der Waals surface area contributed by atoms with Crippen LogP contribution in [0.4, 0.5) is 5.82 Å². The van der Waals surface area contributed by atoms with Crippen LogP contribution in [0.25, 0.3) is 10.9 Å². The molecular formula is C29H39N5O3. The van der Waals surface area contributed by atoms with Crippen LogP contribution in [0.3, 0.4) is 0 Å². The molecule has 0 aliphatic carbocycles. The number of fused-ring (bicyclic) bond motifs is 2. The molecule has 8 heteroatoms. The highest BCUT2D eigenvalue weighted by molar-refractivity contribution is 5.90. The Morgan fingerprint density at radius 2 is 2.03 bits per heavy atom. The van der Waals surface area contributed by atoms with Gasteiger partial charge in [0.25, 0.3) is 0 Å². The summed E-state index contributed by atoms with van der Waals surface area (Å²) in [7, 11) is 0. The molecule has 2 aliphatic heterocycles. The molecule has 0 amide bonds. The molecule has 1 aromatic carbocycles. The van der Waals surface area contributed by atoms with Crippen molar-refractivity contribution in [2.75, 3.05) is 31.6 Å². The third kappa shape index (κ3) is 5.50. The minimum Gasteiger partial charge on any atom is -0.480 e. The van der Waals surface area contributed by atoms with Crippen molar-refractivity contribution in [3.8, 4) is 0 Å². The number of carbonyl (C=O) groups is 1. The summed E-state index contributed by atoms with van der Waals surface area (Å²) in [6.45, 7) is 9.13. The minimum atomic E-state index is -0.828. The molecule has 3 aromatic rings. The molecule has 4 heterocycles. The van der Waals surface area contributed by atoms with Gasteiger partial charge in [-0.1, -0.05) is 30.7 Å². The monoisotopic (exact) mass is 505 g/mol. The quantitative estimate of drug-likeness (QED) is 0.357. The Morgan fingerprint density at radius 3 is 2.81 bits per heavy atom. The highest BCUT2D eigenvalue weighted by atomic mass is 16.5. The van der Waals surface area contributed by atoms with Crippen molar-refractivity contribution < 1.29 is 14.6 Å². The van der Waals surface area contributed by atoms with Crippen LogP contribution in [0.15, 0.2) is 30.3 Å². The lowest BCUT2D eigenvalue weighted by Gasteiger charge is -2.42. The molecule has 0 radical (unpaired) electrons. The van der Waals surface area contributed by atoms with Crippen molar-refractivity contribution in [2.24, 2.45) is 0 Å². The number of anilines is 1. The summed E-state index contributed by atoms with van der Waals surface area (Å²) in [6.07, 6.45) is 6.59. The van der Waals surface area contributed by atoms with E-state index >= 15 is 0 Å². The third-order valence-electron chi connectivity index (χ3n) is 7.59. The van der Waals surface area contributed by atoms with Crippen LogP contribution in [-0.4, -0.2) is 63.1 Å². The van der Waals surface area contributed by atoms with Crippen molar-refractivity contribution in [2.45, 2.75) is 77.5 Å². The number of carboxylic acids is 1. The Kier molecular flexibility index (Phi) is 7.76. The van der Waals surface area contributed by atoms with E-state index in [9.17, 15) is 9.90 Å². The SMILES string of the molecule is Cc1nn(C(C)C)c2c(C(C(=O)O)N3CC(OCCCCCc4ccc5c(n4)NCCC5)C3)cccc12. The minimum absolute atomic E-state index is 0.0891. The maximum Gasteiger partial charge on any atom is 0.325 e. The lowest BCUT2D eigenvalue weighted by molar-refractivity contribution is -0.150. The predicted molar refractivity (Wildman–Crippen MR) is 145 cm³/mol. The zero-order valence-electron chi connectivity index (χ0n) is 22.2. The fourth-order valence-corrected chi connectivity index (χ4v) is 5.58. The second-order valence-electron chi connectivity index (χ2n) is 10.7. The molecule has 1 unspecified atom stereocenters. The maximum absolute atomic E-state index is 12.4. The summed E-state index contributed by atoms with van der Waals surface area (Å²) in [6, 6.07) is 9.74. The standard InChI is InChI=1S/C29H39N5O3/c1-19(2)34-26-24(20(3)32-34)11-7-12-25(26)27(29(35)36)33-17-23(18-33)37-16-6-4-5-10-22-14-13-21-9-8-15-30-28(21)31-22/h7,11-14,19,23,27H,4-6,8-10,15-18H2,1-3H3,(H,30,31)(H,35,36). The van der Waals surface area contributed by atoms with Gasteiger partial charge in [0.2, 0.25) is 0 Å². The van der Waals surface area contributed by atoms with E-state index in [2.05, 4.69) is 36.4 Å². The Labute approximate surface area is 219 Å². The van der Waals surface area contributed by atoms with Gasteiger partial charge >= 0.3 is 5.97 Å². The molecule has 8 nitrogen and oxygen atoms in total. The number of likely N-dealkylation sites (tertiary alicyclic amines) is 1. The zero-order chi connectivity index (χ0) is 25.9. The summed E-state index contributed by atoms with van der Waals surface area (Å²) in [5.74, 6) is 0.243. The number of aryl methyl sites for hydroxylation is 3. The van der Waals surface area contributed by atoms with E-state index < -0.39 is 12.0 Å². The first-order valence-corrected chi connectivity index (χ1v) is 13.7. The number of pyridine rings is 1. The first-order valence-electron chi connectivity index (χ1n) is 13.7. The molecule has 37 heavy (non-hydrogen) atoms. The second kappa shape index (κ2) is 11.2. The molecule has 2 aromatic heterocycles. The number of aliphatic carboxylic acids is 1. The van der Waals surface area contributed by atoms with Crippen LogP contribution in [0.2, 0.25) is 0 Å². The Balaban J connectivity index is 1.09. The lowest BCUT2D eigenvalue weighted by Crippen LogP contribution is -2.55. The van der Waals surface area contributed by atoms with Gasteiger partial charge in [-0.25, -0.2) is 4.98 Å². The van der Waals surface area contributed by atoms with Crippen LogP contribution in [0.5, 0.6) is 0 Å². The molecule has 0 bridgehead atoms. The number of benzene rings is 1. The Hall–Kier alpha value is -2.97. The first kappa shape index (κ1) is 25.7. The van der Waals surface area contributed by atoms with Crippen molar-refractivity contribution in [1.82, 2.24) is 19.7 Å². The van der Waals surface area contributed by atoms with Crippen molar-refractivity contribution in [3.63, 3.8) is 0 Å². The van der Waals surface area contributed by atoms with Crippen LogP contribution in [0, 0.1) is 6.92 Å². The van der Waals surface area contributed by atoms with Gasteiger partial charge in [0.15, 0.2) is 0 Å². The summed E-state index contributed by atoms with van der Waals surface area (Å²) in [5, 5.41) is 19.3. The summed E-state index contributed by atoms with van der Waals surface area (Å²) >= 11 is 0. The maximum atomic E-state index is 12.4. The van der Waals surface area contributed by atoms with Crippen molar-refractivity contribution in [3.05, 3.63) is 52.8 Å². The van der Waals surface area contributed by atoms with Gasteiger partial charge in [-0.2, -0.15) is 5.10 Å². The van der Waals surface area contributed by atoms with E-state index in [1.54, 1.807) is 0 Å². The molecule has 5 rings (SSSR count). The van der Waals surface area contributed by atoms with Crippen molar-refractivity contribution >= 4 is 22.7 Å². The third-order valence-corrected chi connectivity index (χ3v) is 7.59. The molecule has 198 valence electrons. The van der Waals surface area contributed by atoms with Gasteiger partial charge in [0.05, 0.1) is 17.3 Å². The fourth-order valence-electron chi connectivity index (χ4n) is 5.58. The average Bonchev–Trinajstić information content (AvgIpc) is 3.21. The van der Waals surface area contributed by atoms with E-state index in [1.165, 1.54) is 12.0 Å². The number of unbranched alkanes of at least 4 members (excludes halogenated alkanes) is 2. The molecule has 1 atom stereocenters. The molecule has 2 N–H and O–H groups in total. The summed E-state index contributed by atoms with van der Waals surface area (Å²) in [5.41, 5.74) is 5.16. The van der Waals surface area contributed by atoms with Crippen molar-refractivity contribution in [1.29, 1.82) is 0 Å². The Bertz CT molecular complexity index is 1250. The number of hydrogen-bond donors (Lipinski definition) is 2. The molecule has 2 aliphatic rings. The van der Waals surface area contributed by atoms with E-state index in [1.807, 2.05) is 34.7 Å². The second-order valence-corrected chi connectivity index (χ2v) is 10.7. The number of carboxylic acid groups (broad SMARTS) is 1. The molecular weight excluding hydrogens is 466 g/mol. The van der Waals surface area contributed by atoms with Gasteiger partial charge in [-0.05, 0) is 64.5 Å².